The molecule has 2 aliphatic rings. The first-order valence-electron chi connectivity index (χ1n) is 11.1. The fourth-order valence-corrected chi connectivity index (χ4v) is 5.15. The number of sulfonamides is 1. The Labute approximate surface area is 206 Å². The number of nitrogens with one attached hydrogen (secondary N) is 1. The quantitative estimate of drug-likeness (QED) is 0.524. The molecule has 0 bridgehead atoms. The van der Waals surface area contributed by atoms with Crippen molar-refractivity contribution in [3.05, 3.63) is 71.8 Å². The van der Waals surface area contributed by atoms with E-state index < -0.39 is 15.4 Å². The molecule has 1 amide bonds. The SMILES string of the molecule is C.Cc1ccc(NC(=O)C2(c3ccc4c(c3)OCO4)CC2)cc1-c1ccc(S(=O)(=O)N(C)C)cc1. The number of hydrogen-bond acceptors (Lipinski definition) is 5. The lowest BCUT2D eigenvalue weighted by Gasteiger charge is -2.17. The molecule has 184 valence electrons. The Morgan fingerprint density at radius 1 is 0.943 bits per heavy atom. The zero-order valence-corrected chi connectivity index (χ0v) is 20.1. The van der Waals surface area contributed by atoms with Crippen LogP contribution in [-0.4, -0.2) is 39.5 Å². The molecule has 1 fully saturated rings. The first-order chi connectivity index (χ1) is 16.2. The second kappa shape index (κ2) is 9.02. The van der Waals surface area contributed by atoms with Crippen LogP contribution in [0.5, 0.6) is 11.5 Å². The Hall–Kier alpha value is -3.36. The third-order valence-electron chi connectivity index (χ3n) is 6.55. The van der Waals surface area contributed by atoms with Gasteiger partial charge in [-0.1, -0.05) is 31.7 Å². The molecule has 0 atom stereocenters. The van der Waals surface area contributed by atoms with Crippen LogP contribution >= 0.6 is 0 Å². The second-order valence-electron chi connectivity index (χ2n) is 8.95. The Balaban J connectivity index is 0.00000289. The molecule has 3 aromatic rings. The van der Waals surface area contributed by atoms with Crippen molar-refractivity contribution >= 4 is 21.6 Å². The summed E-state index contributed by atoms with van der Waals surface area (Å²) in [5, 5.41) is 3.09. The highest BCUT2D eigenvalue weighted by molar-refractivity contribution is 7.89. The number of carbonyl (C=O) groups is 1. The van der Waals surface area contributed by atoms with Gasteiger partial charge in [-0.05, 0) is 78.4 Å². The van der Waals surface area contributed by atoms with E-state index in [0.717, 1.165) is 35.1 Å². The Kier molecular flexibility index (Phi) is 6.38. The monoisotopic (exact) mass is 494 g/mol. The van der Waals surface area contributed by atoms with E-state index in [-0.39, 0.29) is 25.0 Å². The summed E-state index contributed by atoms with van der Waals surface area (Å²) in [5.41, 5.74) is 3.90. The zero-order valence-electron chi connectivity index (χ0n) is 19.3. The molecule has 1 N–H and O–H groups in total. The highest BCUT2D eigenvalue weighted by Crippen LogP contribution is 2.51. The number of fused-ring (bicyclic) bond motifs is 1. The van der Waals surface area contributed by atoms with Gasteiger partial charge in [0, 0.05) is 19.8 Å². The number of rotatable bonds is 6. The normalized spacial score (nSPS) is 15.4. The smallest absolute Gasteiger partial charge is 0.242 e. The summed E-state index contributed by atoms with van der Waals surface area (Å²) in [5.74, 6) is 1.33. The van der Waals surface area contributed by atoms with Gasteiger partial charge in [0.2, 0.25) is 22.7 Å². The van der Waals surface area contributed by atoms with Gasteiger partial charge in [0.25, 0.3) is 0 Å². The predicted octanol–water partition coefficient (Wildman–Crippen LogP) is 4.95. The molecule has 35 heavy (non-hydrogen) atoms. The molecule has 0 aromatic heterocycles. The zero-order chi connectivity index (χ0) is 24.1. The number of hydrogen-bond donors (Lipinski definition) is 1. The molecule has 3 aromatic carbocycles. The van der Waals surface area contributed by atoms with Crippen molar-refractivity contribution in [2.75, 3.05) is 26.2 Å². The van der Waals surface area contributed by atoms with Crippen molar-refractivity contribution in [2.45, 2.75) is 37.5 Å². The lowest BCUT2D eigenvalue weighted by Crippen LogP contribution is -2.27. The van der Waals surface area contributed by atoms with Crippen LogP contribution in [0.2, 0.25) is 0 Å². The molecule has 5 rings (SSSR count). The van der Waals surface area contributed by atoms with Crippen LogP contribution in [0.1, 0.15) is 31.4 Å². The van der Waals surface area contributed by atoms with Crippen LogP contribution in [0.25, 0.3) is 11.1 Å². The largest absolute Gasteiger partial charge is 0.454 e. The summed E-state index contributed by atoms with van der Waals surface area (Å²) in [4.78, 5) is 13.5. The van der Waals surface area contributed by atoms with Gasteiger partial charge in [-0.3, -0.25) is 4.79 Å². The number of ether oxygens (including phenoxy) is 2. The summed E-state index contributed by atoms with van der Waals surface area (Å²) in [6.45, 7) is 2.19. The predicted molar refractivity (Wildman–Crippen MR) is 136 cm³/mol. The maximum absolute atomic E-state index is 13.3. The molecular formula is C27H30N2O5S. The van der Waals surface area contributed by atoms with Crippen LogP contribution in [0.4, 0.5) is 5.69 Å². The van der Waals surface area contributed by atoms with Gasteiger partial charge in [0.1, 0.15) is 0 Å². The maximum Gasteiger partial charge on any atom is 0.242 e. The van der Waals surface area contributed by atoms with Gasteiger partial charge in [-0.15, -0.1) is 0 Å². The third kappa shape index (κ3) is 4.39. The van der Waals surface area contributed by atoms with E-state index >= 15 is 0 Å². The molecule has 1 heterocycles. The van der Waals surface area contributed by atoms with E-state index in [1.807, 2.05) is 43.3 Å². The molecule has 8 heteroatoms. The van der Waals surface area contributed by atoms with Gasteiger partial charge in [-0.2, -0.15) is 0 Å². The molecule has 0 radical (unpaired) electrons. The summed E-state index contributed by atoms with van der Waals surface area (Å²) in [6.07, 6.45) is 1.55. The molecule has 1 aliphatic carbocycles. The van der Waals surface area contributed by atoms with Crippen LogP contribution in [0.3, 0.4) is 0 Å². The third-order valence-corrected chi connectivity index (χ3v) is 8.38. The lowest BCUT2D eigenvalue weighted by molar-refractivity contribution is -0.118. The minimum Gasteiger partial charge on any atom is -0.454 e. The van der Waals surface area contributed by atoms with Gasteiger partial charge < -0.3 is 14.8 Å². The summed E-state index contributed by atoms with van der Waals surface area (Å²) in [6, 6.07) is 18.3. The van der Waals surface area contributed by atoms with Crippen LogP contribution in [-0.2, 0) is 20.2 Å². The van der Waals surface area contributed by atoms with Crippen molar-refractivity contribution in [3.63, 3.8) is 0 Å². The number of amides is 1. The van der Waals surface area contributed by atoms with E-state index in [1.165, 1.54) is 18.4 Å². The minimum absolute atomic E-state index is 0. The Morgan fingerprint density at radius 2 is 1.63 bits per heavy atom. The van der Waals surface area contributed by atoms with Crippen LogP contribution in [0, 0.1) is 6.92 Å². The number of carbonyl (C=O) groups excluding carboxylic acids is 1. The summed E-state index contributed by atoms with van der Waals surface area (Å²) >= 11 is 0. The van der Waals surface area contributed by atoms with Gasteiger partial charge >= 0.3 is 0 Å². The minimum atomic E-state index is -3.49. The average molecular weight is 495 g/mol. The van der Waals surface area contributed by atoms with Crippen molar-refractivity contribution in [1.82, 2.24) is 4.31 Å². The van der Waals surface area contributed by atoms with E-state index in [4.69, 9.17) is 9.47 Å². The molecule has 0 saturated heterocycles. The Bertz CT molecular complexity index is 1380. The number of anilines is 1. The van der Waals surface area contributed by atoms with Crippen molar-refractivity contribution in [2.24, 2.45) is 0 Å². The summed E-state index contributed by atoms with van der Waals surface area (Å²) in [7, 11) is -0.471. The fraction of sp³-hybridized carbons (Fsp3) is 0.296. The van der Waals surface area contributed by atoms with E-state index in [0.29, 0.717) is 17.2 Å². The first kappa shape index (κ1) is 24.8. The number of nitrogens with zero attached hydrogens (tertiary/aromatic N) is 1. The fourth-order valence-electron chi connectivity index (χ4n) is 4.24. The number of benzene rings is 3. The highest BCUT2D eigenvalue weighted by Gasteiger charge is 2.51. The van der Waals surface area contributed by atoms with E-state index in [9.17, 15) is 13.2 Å². The molecule has 0 unspecified atom stereocenters. The molecule has 1 saturated carbocycles. The highest BCUT2D eigenvalue weighted by atomic mass is 32.2. The average Bonchev–Trinajstić information content (AvgIpc) is 3.51. The Morgan fingerprint density at radius 3 is 2.29 bits per heavy atom. The van der Waals surface area contributed by atoms with E-state index in [2.05, 4.69) is 5.32 Å². The van der Waals surface area contributed by atoms with Gasteiger partial charge in [-0.25, -0.2) is 12.7 Å². The molecule has 1 aliphatic heterocycles. The van der Waals surface area contributed by atoms with E-state index in [1.54, 1.807) is 24.3 Å². The van der Waals surface area contributed by atoms with Gasteiger partial charge in [0.15, 0.2) is 11.5 Å². The lowest BCUT2D eigenvalue weighted by atomic mass is 9.94. The topological polar surface area (TPSA) is 84.9 Å². The summed E-state index contributed by atoms with van der Waals surface area (Å²) < 4.78 is 36.8. The van der Waals surface area contributed by atoms with Crippen LogP contribution < -0.4 is 14.8 Å². The van der Waals surface area contributed by atoms with Crippen molar-refractivity contribution < 1.29 is 22.7 Å². The molecule has 0 spiro atoms. The maximum atomic E-state index is 13.3. The standard InChI is InChI=1S/C26H26N2O5S.CH4/c1-17-4-8-20(15-22(17)18-5-9-21(10-6-18)34(30,31)28(2)3)27-25(29)26(12-13-26)19-7-11-23-24(14-19)33-16-32-23;/h4-11,14-15H,12-13,16H2,1-3H3,(H,27,29);1H4. The van der Waals surface area contributed by atoms with Crippen molar-refractivity contribution in [3.8, 4) is 22.6 Å². The molecular weight excluding hydrogens is 464 g/mol. The second-order valence-corrected chi connectivity index (χ2v) is 11.1. The first-order valence-corrected chi connectivity index (χ1v) is 12.5. The van der Waals surface area contributed by atoms with Crippen molar-refractivity contribution in [1.29, 1.82) is 0 Å². The number of aryl methyl sites for hydroxylation is 1. The molecule has 7 nitrogen and oxygen atoms in total. The van der Waals surface area contributed by atoms with Gasteiger partial charge in [0.05, 0.1) is 10.3 Å². The van der Waals surface area contributed by atoms with Crippen LogP contribution in [0.15, 0.2) is 65.6 Å².